The molecule has 0 aromatic heterocycles. The van der Waals surface area contributed by atoms with Crippen molar-refractivity contribution in [2.24, 2.45) is 0 Å². The normalized spacial score (nSPS) is 27.6. The quantitative estimate of drug-likeness (QED) is 0.351. The van der Waals surface area contributed by atoms with Gasteiger partial charge in [-0.1, -0.05) is 55.0 Å². The van der Waals surface area contributed by atoms with Crippen LogP contribution in [0.25, 0.3) is 10.8 Å². The minimum absolute atomic E-state index is 0.150. The Kier molecular flexibility index (Phi) is 8.41. The monoisotopic (exact) mass is 604 g/mol. The predicted octanol–water partition coefficient (Wildman–Crippen LogP) is 6.09. The van der Waals surface area contributed by atoms with Gasteiger partial charge in [0.15, 0.2) is 21.7 Å². The molecule has 1 aliphatic carbocycles. The lowest BCUT2D eigenvalue weighted by Gasteiger charge is -2.39. The first-order chi connectivity index (χ1) is 20.5. The molecule has 2 saturated heterocycles. The maximum absolute atomic E-state index is 13.7. The Labute approximate surface area is 255 Å². The van der Waals surface area contributed by atoms with Crippen LogP contribution in [0, 0.1) is 0 Å². The Hall–Kier alpha value is -2.78. The van der Waals surface area contributed by atoms with Crippen LogP contribution in [0.3, 0.4) is 0 Å². The van der Waals surface area contributed by atoms with Crippen LogP contribution >= 0.6 is 0 Å². The molecule has 2 heterocycles. The van der Waals surface area contributed by atoms with Gasteiger partial charge >= 0.3 is 0 Å². The van der Waals surface area contributed by atoms with Crippen LogP contribution in [-0.4, -0.2) is 55.1 Å². The Bertz CT molecular complexity index is 1590. The first-order valence-corrected chi connectivity index (χ1v) is 17.4. The molecule has 2 fully saturated rings. The molecule has 3 aromatic carbocycles. The Morgan fingerprint density at radius 1 is 0.930 bits per heavy atom. The minimum atomic E-state index is -3.75. The number of carbonyl (C=O) groups excluding carboxylic acids is 1. The minimum Gasteiger partial charge on any atom is -0.347 e. The molecule has 1 N–H and O–H groups in total. The Morgan fingerprint density at radius 2 is 1.67 bits per heavy atom. The summed E-state index contributed by atoms with van der Waals surface area (Å²) in [6.45, 7) is 9.04. The van der Waals surface area contributed by atoms with Gasteiger partial charge in [0.1, 0.15) is 6.10 Å². The molecule has 0 spiro atoms. The van der Waals surface area contributed by atoms with Crippen LogP contribution in [0.15, 0.2) is 65.6 Å². The molecule has 0 bridgehead atoms. The number of sulfone groups is 1. The summed E-state index contributed by atoms with van der Waals surface area (Å²) in [5.41, 5.74) is 3.74. The lowest BCUT2D eigenvalue weighted by molar-refractivity contribution is -0.155. The fourth-order valence-electron chi connectivity index (χ4n) is 7.22. The Balaban J connectivity index is 1.17. The highest BCUT2D eigenvalue weighted by Crippen LogP contribution is 2.35. The SMILES string of the molecule is CC1CCCC(C)N1Cc1ccc2c(c1)CCC[C@H]2NC(=O)[C@@H]1OC(C)(C)O[C@@H]1CS(=O)(=O)c1ccc2ccccc2c1. The highest BCUT2D eigenvalue weighted by Gasteiger charge is 2.47. The highest BCUT2D eigenvalue weighted by molar-refractivity contribution is 7.91. The summed E-state index contributed by atoms with van der Waals surface area (Å²) >= 11 is 0. The first-order valence-electron chi connectivity index (χ1n) is 15.7. The fourth-order valence-corrected chi connectivity index (χ4v) is 8.67. The van der Waals surface area contributed by atoms with Crippen LogP contribution in [0.4, 0.5) is 0 Å². The number of carbonyl (C=O) groups is 1. The molecule has 0 radical (unpaired) electrons. The van der Waals surface area contributed by atoms with Crippen molar-refractivity contribution in [3.05, 3.63) is 77.4 Å². The van der Waals surface area contributed by atoms with Crippen LogP contribution in [0.5, 0.6) is 0 Å². The summed E-state index contributed by atoms with van der Waals surface area (Å²) in [6.07, 6.45) is 4.63. The van der Waals surface area contributed by atoms with E-state index in [1.54, 1.807) is 26.0 Å². The van der Waals surface area contributed by atoms with Gasteiger partial charge < -0.3 is 14.8 Å². The number of likely N-dealkylation sites (tertiary alicyclic amines) is 1. The van der Waals surface area contributed by atoms with E-state index in [0.717, 1.165) is 42.1 Å². The van der Waals surface area contributed by atoms with Crippen molar-refractivity contribution < 1.29 is 22.7 Å². The second kappa shape index (κ2) is 12.0. The highest BCUT2D eigenvalue weighted by atomic mass is 32.2. The van der Waals surface area contributed by atoms with E-state index in [9.17, 15) is 13.2 Å². The summed E-state index contributed by atoms with van der Waals surface area (Å²) in [4.78, 5) is 16.5. The zero-order chi connectivity index (χ0) is 30.4. The van der Waals surface area contributed by atoms with Crippen LogP contribution in [0.2, 0.25) is 0 Å². The first kappa shape index (κ1) is 30.3. The van der Waals surface area contributed by atoms with Crippen LogP contribution in [0.1, 0.15) is 82.5 Å². The van der Waals surface area contributed by atoms with Gasteiger partial charge in [-0.2, -0.15) is 0 Å². The molecule has 0 saturated carbocycles. The molecule has 6 rings (SSSR count). The van der Waals surface area contributed by atoms with Gasteiger partial charge in [-0.05, 0) is 99.4 Å². The zero-order valence-electron chi connectivity index (χ0n) is 25.7. The van der Waals surface area contributed by atoms with Crippen molar-refractivity contribution in [1.29, 1.82) is 0 Å². The molecule has 43 heavy (non-hydrogen) atoms. The van der Waals surface area contributed by atoms with Crippen molar-refractivity contribution in [2.75, 3.05) is 5.75 Å². The van der Waals surface area contributed by atoms with Gasteiger partial charge in [-0.25, -0.2) is 8.42 Å². The summed E-state index contributed by atoms with van der Waals surface area (Å²) in [7, 11) is -3.75. The number of amides is 1. The van der Waals surface area contributed by atoms with E-state index >= 15 is 0 Å². The third kappa shape index (κ3) is 6.53. The Morgan fingerprint density at radius 3 is 2.44 bits per heavy atom. The fraction of sp³-hybridized carbons (Fsp3) is 0.514. The number of piperidine rings is 1. The number of aryl methyl sites for hydroxylation is 1. The standard InChI is InChI=1S/C35H44N2O5S/c1-23-9-7-10-24(2)37(23)21-25-15-18-30-28(19-25)13-8-14-31(30)36-34(38)33-32(41-35(3,4)42-33)22-43(39,40)29-17-16-26-11-5-6-12-27(26)20-29/h5-6,11-12,15-20,23-24,31-33H,7-10,13-14,21-22H2,1-4H3,(H,36,38)/t23?,24?,31-,32-,33-/m1/s1. The van der Waals surface area contributed by atoms with Gasteiger partial charge in [0.25, 0.3) is 5.91 Å². The molecule has 5 atom stereocenters. The van der Waals surface area contributed by atoms with Gasteiger partial charge in [0.2, 0.25) is 0 Å². The molecule has 2 unspecified atom stereocenters. The van der Waals surface area contributed by atoms with Crippen molar-refractivity contribution >= 4 is 26.5 Å². The number of nitrogens with one attached hydrogen (secondary N) is 1. The average molecular weight is 605 g/mol. The second-order valence-electron chi connectivity index (χ2n) is 13.2. The molecular weight excluding hydrogens is 560 g/mol. The topological polar surface area (TPSA) is 84.9 Å². The third-order valence-corrected chi connectivity index (χ3v) is 11.2. The van der Waals surface area contributed by atoms with E-state index in [4.69, 9.17) is 9.47 Å². The number of rotatable bonds is 7. The lowest BCUT2D eigenvalue weighted by atomic mass is 9.86. The largest absolute Gasteiger partial charge is 0.347 e. The molecule has 3 aliphatic rings. The van der Waals surface area contributed by atoms with Gasteiger partial charge in [0.05, 0.1) is 16.7 Å². The summed E-state index contributed by atoms with van der Waals surface area (Å²) in [6, 6.07) is 20.5. The molecular formula is C35H44N2O5S. The van der Waals surface area contributed by atoms with E-state index in [0.29, 0.717) is 12.1 Å². The van der Waals surface area contributed by atoms with E-state index in [-0.39, 0.29) is 22.6 Å². The summed E-state index contributed by atoms with van der Waals surface area (Å²) in [5, 5.41) is 5.02. The average Bonchev–Trinajstić information content (AvgIpc) is 3.28. The maximum atomic E-state index is 13.7. The number of nitrogens with zero attached hydrogens (tertiary/aromatic N) is 1. The van der Waals surface area contributed by atoms with E-state index in [2.05, 4.69) is 42.3 Å². The van der Waals surface area contributed by atoms with Gasteiger partial charge in [-0.3, -0.25) is 9.69 Å². The third-order valence-electron chi connectivity index (χ3n) is 9.49. The second-order valence-corrected chi connectivity index (χ2v) is 15.2. The van der Waals surface area contributed by atoms with Crippen molar-refractivity contribution in [3.63, 3.8) is 0 Å². The predicted molar refractivity (Wildman–Crippen MR) is 168 cm³/mol. The smallest absolute Gasteiger partial charge is 0.252 e. The molecule has 8 heteroatoms. The maximum Gasteiger partial charge on any atom is 0.252 e. The summed E-state index contributed by atoms with van der Waals surface area (Å²) < 4.78 is 39.1. The molecule has 3 aromatic rings. The number of hydrogen-bond acceptors (Lipinski definition) is 6. The van der Waals surface area contributed by atoms with Gasteiger partial charge in [0, 0.05) is 18.6 Å². The van der Waals surface area contributed by atoms with Crippen LogP contribution in [-0.2, 0) is 37.1 Å². The molecule has 7 nitrogen and oxygen atoms in total. The number of hydrogen-bond donors (Lipinski definition) is 1. The molecule has 230 valence electrons. The lowest BCUT2D eigenvalue weighted by Crippen LogP contribution is -2.45. The molecule has 2 aliphatic heterocycles. The van der Waals surface area contributed by atoms with Crippen molar-refractivity contribution in [1.82, 2.24) is 10.2 Å². The van der Waals surface area contributed by atoms with Crippen molar-refractivity contribution in [2.45, 2.75) is 114 Å². The number of fused-ring (bicyclic) bond motifs is 2. The molecule has 1 amide bonds. The zero-order valence-corrected chi connectivity index (χ0v) is 26.5. The van der Waals surface area contributed by atoms with E-state index in [1.807, 2.05) is 30.3 Å². The number of benzene rings is 3. The van der Waals surface area contributed by atoms with Crippen LogP contribution < -0.4 is 5.32 Å². The number of ether oxygens (including phenoxy) is 2. The van der Waals surface area contributed by atoms with E-state index in [1.165, 1.54) is 30.4 Å². The summed E-state index contributed by atoms with van der Waals surface area (Å²) in [5.74, 6) is -1.75. The van der Waals surface area contributed by atoms with Crippen molar-refractivity contribution in [3.8, 4) is 0 Å². The van der Waals surface area contributed by atoms with Gasteiger partial charge in [-0.15, -0.1) is 0 Å². The van der Waals surface area contributed by atoms with E-state index < -0.39 is 27.8 Å².